The number of nitrogens with one attached hydrogen (secondary N) is 1. The fourth-order valence-electron chi connectivity index (χ4n) is 4.74. The predicted octanol–water partition coefficient (Wildman–Crippen LogP) is 6.63. The number of aromatic nitrogens is 2. The van der Waals surface area contributed by atoms with Crippen LogP contribution < -0.4 is 5.32 Å². The summed E-state index contributed by atoms with van der Waals surface area (Å²) in [6, 6.07) is 11.5. The normalized spacial score (nSPS) is 20.5. The first kappa shape index (κ1) is 19.0. The Hall–Kier alpha value is -2.02. The predicted molar refractivity (Wildman–Crippen MR) is 126 cm³/mol. The lowest BCUT2D eigenvalue weighted by molar-refractivity contribution is 0.131. The van der Waals surface area contributed by atoms with Crippen LogP contribution in [0.5, 0.6) is 0 Å². The fraction of sp³-hybridized carbons (Fsp3) is 0.391. The van der Waals surface area contributed by atoms with E-state index in [0.29, 0.717) is 12.0 Å². The molecule has 0 aliphatic carbocycles. The molecule has 0 unspecified atom stereocenters. The topological polar surface area (TPSA) is 41.1 Å². The molecule has 0 bridgehead atoms. The van der Waals surface area contributed by atoms with Gasteiger partial charge in [0.25, 0.3) is 0 Å². The molecule has 3 aromatic heterocycles. The first-order valence-corrected chi connectivity index (χ1v) is 12.2. The molecule has 4 aromatic rings. The largest absolute Gasteiger partial charge is 0.355 e. The summed E-state index contributed by atoms with van der Waals surface area (Å²) < 4.78 is 1.22. The first-order valence-electron chi connectivity index (χ1n) is 10.5. The van der Waals surface area contributed by atoms with Gasteiger partial charge in [-0.3, -0.25) is 0 Å². The van der Waals surface area contributed by atoms with Crippen LogP contribution in [0.1, 0.15) is 43.9 Å². The Morgan fingerprint density at radius 1 is 1.17 bits per heavy atom. The van der Waals surface area contributed by atoms with E-state index in [9.17, 15) is 0 Å². The van der Waals surface area contributed by atoms with Crippen LogP contribution in [-0.4, -0.2) is 34.0 Å². The molecule has 1 fully saturated rings. The Bertz CT molecular complexity index is 1130. The third kappa shape index (κ3) is 3.54. The van der Waals surface area contributed by atoms with Crippen molar-refractivity contribution in [3.63, 3.8) is 0 Å². The molecule has 6 heteroatoms. The lowest BCUT2D eigenvalue weighted by Gasteiger charge is -2.40. The minimum absolute atomic E-state index is 0.618. The average Bonchev–Trinajstić information content (AvgIpc) is 3.40. The Morgan fingerprint density at radius 3 is 2.97 bits per heavy atom. The van der Waals surface area contributed by atoms with Crippen molar-refractivity contribution in [2.24, 2.45) is 0 Å². The van der Waals surface area contributed by atoms with Crippen molar-refractivity contribution in [2.45, 2.75) is 45.1 Å². The minimum Gasteiger partial charge on any atom is -0.355 e. The Labute approximate surface area is 179 Å². The van der Waals surface area contributed by atoms with Crippen LogP contribution in [0.4, 0.5) is 11.4 Å². The van der Waals surface area contributed by atoms with Crippen LogP contribution in [-0.2, 0) is 0 Å². The number of fused-ring (bicyclic) bond motifs is 2. The SMILES string of the molecule is CC[C@@H]1[C@H](c2cc3c(Nc4ccc5scnc5c4)ccnc3s2)CCCN1CC. The number of anilines is 2. The fourth-order valence-corrected chi connectivity index (χ4v) is 6.61. The Kier molecular flexibility index (Phi) is 5.24. The van der Waals surface area contributed by atoms with Gasteiger partial charge in [0.1, 0.15) is 4.83 Å². The summed E-state index contributed by atoms with van der Waals surface area (Å²) in [5.41, 5.74) is 5.15. The van der Waals surface area contributed by atoms with E-state index < -0.39 is 0 Å². The molecule has 4 nitrogen and oxygen atoms in total. The summed E-state index contributed by atoms with van der Waals surface area (Å²) in [5, 5.41) is 4.84. The lowest BCUT2D eigenvalue weighted by Crippen LogP contribution is -2.43. The summed E-state index contributed by atoms with van der Waals surface area (Å²) in [7, 11) is 0. The molecule has 1 aliphatic heterocycles. The summed E-state index contributed by atoms with van der Waals surface area (Å²) in [5.74, 6) is 0.618. The molecule has 29 heavy (non-hydrogen) atoms. The van der Waals surface area contributed by atoms with Crippen molar-refractivity contribution in [1.82, 2.24) is 14.9 Å². The molecular formula is C23H26N4S2. The average molecular weight is 423 g/mol. The number of thiazole rings is 1. The van der Waals surface area contributed by atoms with Gasteiger partial charge in [0.2, 0.25) is 0 Å². The maximum atomic E-state index is 4.68. The molecule has 1 aliphatic rings. The molecule has 5 rings (SSSR count). The number of thiophene rings is 1. The molecule has 1 saturated heterocycles. The van der Waals surface area contributed by atoms with Crippen molar-refractivity contribution in [3.05, 3.63) is 46.9 Å². The molecule has 0 amide bonds. The zero-order chi connectivity index (χ0) is 19.8. The van der Waals surface area contributed by atoms with Gasteiger partial charge in [0, 0.05) is 34.1 Å². The highest BCUT2D eigenvalue weighted by molar-refractivity contribution is 7.18. The van der Waals surface area contributed by atoms with Crippen LogP contribution in [0, 0.1) is 0 Å². The van der Waals surface area contributed by atoms with Gasteiger partial charge in [-0.25, -0.2) is 9.97 Å². The van der Waals surface area contributed by atoms with Crippen molar-refractivity contribution in [2.75, 3.05) is 18.4 Å². The van der Waals surface area contributed by atoms with Crippen molar-refractivity contribution >= 4 is 54.5 Å². The number of likely N-dealkylation sites (N-methyl/N-ethyl adjacent to an activating group) is 1. The number of benzene rings is 1. The lowest BCUT2D eigenvalue weighted by atomic mass is 9.86. The number of nitrogens with zero attached hydrogens (tertiary/aromatic N) is 3. The molecule has 0 spiro atoms. The molecular weight excluding hydrogens is 396 g/mol. The molecule has 2 atom stereocenters. The zero-order valence-corrected chi connectivity index (χ0v) is 18.5. The first-order chi connectivity index (χ1) is 14.3. The van der Waals surface area contributed by atoms with E-state index in [1.807, 2.05) is 23.0 Å². The highest BCUT2D eigenvalue weighted by Gasteiger charge is 2.31. The van der Waals surface area contributed by atoms with E-state index in [4.69, 9.17) is 0 Å². The summed E-state index contributed by atoms with van der Waals surface area (Å²) in [4.78, 5) is 14.4. The monoisotopic (exact) mass is 422 g/mol. The van der Waals surface area contributed by atoms with Crippen LogP contribution >= 0.6 is 22.7 Å². The van der Waals surface area contributed by atoms with Gasteiger partial charge in [-0.2, -0.15) is 0 Å². The standard InChI is InChI=1S/C23H26N4S2/c1-3-20-16(6-5-11-27(20)4-2)22-13-17-18(9-10-24-23(17)29-22)26-15-7-8-21-19(12-15)25-14-28-21/h7-10,12-14,16,20H,3-6,11H2,1-2H3,(H,24,26)/t16-,20-/m1/s1. The Morgan fingerprint density at radius 2 is 2.10 bits per heavy atom. The minimum atomic E-state index is 0.618. The zero-order valence-electron chi connectivity index (χ0n) is 16.9. The second kappa shape index (κ2) is 8.01. The number of hydrogen-bond donors (Lipinski definition) is 1. The van der Waals surface area contributed by atoms with Gasteiger partial charge < -0.3 is 10.2 Å². The van der Waals surface area contributed by atoms with Crippen LogP contribution in [0.25, 0.3) is 20.4 Å². The van der Waals surface area contributed by atoms with E-state index in [-0.39, 0.29) is 0 Å². The number of pyridine rings is 1. The molecule has 1 aromatic carbocycles. The van der Waals surface area contributed by atoms with Crippen LogP contribution in [0.2, 0.25) is 0 Å². The van der Waals surface area contributed by atoms with Crippen LogP contribution in [0.15, 0.2) is 42.0 Å². The summed E-state index contributed by atoms with van der Waals surface area (Å²) in [6.07, 6.45) is 5.70. The molecule has 0 radical (unpaired) electrons. The number of hydrogen-bond acceptors (Lipinski definition) is 6. The highest BCUT2D eigenvalue weighted by Crippen LogP contribution is 2.41. The van der Waals surface area contributed by atoms with Gasteiger partial charge in [0.05, 0.1) is 21.4 Å². The third-order valence-corrected chi connectivity index (χ3v) is 8.13. The highest BCUT2D eigenvalue weighted by atomic mass is 32.1. The van der Waals surface area contributed by atoms with E-state index in [1.54, 1.807) is 11.3 Å². The molecule has 0 saturated carbocycles. The van der Waals surface area contributed by atoms with E-state index in [0.717, 1.165) is 28.3 Å². The maximum Gasteiger partial charge on any atom is 0.125 e. The van der Waals surface area contributed by atoms with Gasteiger partial charge in [-0.05, 0) is 62.7 Å². The van der Waals surface area contributed by atoms with Gasteiger partial charge in [-0.15, -0.1) is 22.7 Å². The second-order valence-corrected chi connectivity index (χ2v) is 9.69. The molecule has 4 heterocycles. The van der Waals surface area contributed by atoms with Gasteiger partial charge in [-0.1, -0.05) is 13.8 Å². The van der Waals surface area contributed by atoms with E-state index in [2.05, 4.69) is 64.4 Å². The van der Waals surface area contributed by atoms with Gasteiger partial charge in [0.15, 0.2) is 0 Å². The van der Waals surface area contributed by atoms with E-state index in [1.165, 1.54) is 40.8 Å². The molecule has 1 N–H and O–H groups in total. The number of likely N-dealkylation sites (tertiary alicyclic amines) is 1. The smallest absolute Gasteiger partial charge is 0.125 e. The Balaban J connectivity index is 1.49. The van der Waals surface area contributed by atoms with Crippen molar-refractivity contribution < 1.29 is 0 Å². The van der Waals surface area contributed by atoms with Gasteiger partial charge >= 0.3 is 0 Å². The number of rotatable bonds is 5. The maximum absolute atomic E-state index is 4.68. The van der Waals surface area contributed by atoms with Crippen molar-refractivity contribution in [1.29, 1.82) is 0 Å². The third-order valence-electron chi connectivity index (χ3n) is 6.15. The van der Waals surface area contributed by atoms with E-state index >= 15 is 0 Å². The van der Waals surface area contributed by atoms with Crippen molar-refractivity contribution in [3.8, 4) is 0 Å². The molecule has 150 valence electrons. The number of piperidine rings is 1. The summed E-state index contributed by atoms with van der Waals surface area (Å²) in [6.45, 7) is 7.00. The quantitative estimate of drug-likeness (QED) is 0.392. The second-order valence-electron chi connectivity index (χ2n) is 7.74. The van der Waals surface area contributed by atoms with Crippen LogP contribution in [0.3, 0.4) is 0 Å². The summed E-state index contributed by atoms with van der Waals surface area (Å²) >= 11 is 3.55.